The van der Waals surface area contributed by atoms with Gasteiger partial charge in [0.05, 0.1) is 11.5 Å². The molecular weight excluding hydrogens is 290 g/mol. The van der Waals surface area contributed by atoms with Crippen molar-refractivity contribution in [1.29, 1.82) is 0 Å². The fourth-order valence-electron chi connectivity index (χ4n) is 1.99. The number of nitrogens with one attached hydrogen (secondary N) is 1. The van der Waals surface area contributed by atoms with Gasteiger partial charge in [0.2, 0.25) is 12.6 Å². The Labute approximate surface area is 125 Å². The second-order valence-corrected chi connectivity index (χ2v) is 4.42. The van der Waals surface area contributed by atoms with Crippen LogP contribution in [0, 0.1) is 10.1 Å². The molecule has 0 saturated carbocycles. The van der Waals surface area contributed by atoms with Gasteiger partial charge in [-0.25, -0.2) is 4.98 Å². The number of hydrogen-bond donors (Lipinski definition) is 1. The van der Waals surface area contributed by atoms with Crippen LogP contribution in [0.5, 0.6) is 17.2 Å². The van der Waals surface area contributed by atoms with Crippen molar-refractivity contribution in [2.75, 3.05) is 25.3 Å². The number of nitro groups is 1. The number of ether oxygens (including phenoxy) is 3. The molecule has 0 aliphatic carbocycles. The molecule has 0 radical (unpaired) electrons. The molecule has 8 heteroatoms. The monoisotopic (exact) mass is 303 g/mol. The van der Waals surface area contributed by atoms with Gasteiger partial charge in [-0.3, -0.25) is 10.1 Å². The van der Waals surface area contributed by atoms with E-state index in [0.717, 1.165) is 0 Å². The molecule has 8 nitrogen and oxygen atoms in total. The molecule has 1 aromatic heterocycles. The summed E-state index contributed by atoms with van der Waals surface area (Å²) in [5.41, 5.74) is -0.0643. The minimum atomic E-state index is -0.478. The summed E-state index contributed by atoms with van der Waals surface area (Å²) in [5.74, 6) is 2.20. The van der Waals surface area contributed by atoms with E-state index in [4.69, 9.17) is 14.2 Å². The number of pyridine rings is 1. The van der Waals surface area contributed by atoms with Crippen LogP contribution in [0.2, 0.25) is 0 Å². The first-order valence-electron chi connectivity index (χ1n) is 6.60. The molecule has 0 fully saturated rings. The van der Waals surface area contributed by atoms with E-state index in [2.05, 4.69) is 10.3 Å². The standard InChI is InChI=1S/C14H13N3O5/c18-17(19)11-2-1-5-15-14(11)16-6-7-20-10-3-4-12-13(8-10)22-9-21-12/h1-5,8H,6-7,9H2,(H,15,16). The Balaban J connectivity index is 1.53. The van der Waals surface area contributed by atoms with Crippen molar-refractivity contribution in [2.45, 2.75) is 0 Å². The highest BCUT2D eigenvalue weighted by molar-refractivity contribution is 5.55. The molecule has 22 heavy (non-hydrogen) atoms. The third-order valence-electron chi connectivity index (χ3n) is 2.99. The summed E-state index contributed by atoms with van der Waals surface area (Å²) in [6, 6.07) is 8.21. The van der Waals surface area contributed by atoms with Crippen LogP contribution >= 0.6 is 0 Å². The molecule has 1 aliphatic rings. The zero-order valence-corrected chi connectivity index (χ0v) is 11.5. The summed E-state index contributed by atoms with van der Waals surface area (Å²) in [5, 5.41) is 13.7. The van der Waals surface area contributed by atoms with Crippen molar-refractivity contribution in [3.05, 3.63) is 46.6 Å². The fraction of sp³-hybridized carbons (Fsp3) is 0.214. The van der Waals surface area contributed by atoms with Crippen LogP contribution in [-0.4, -0.2) is 29.9 Å². The lowest BCUT2D eigenvalue weighted by Gasteiger charge is -2.08. The highest BCUT2D eigenvalue weighted by Crippen LogP contribution is 2.35. The number of rotatable bonds is 6. The Morgan fingerprint density at radius 3 is 3.05 bits per heavy atom. The van der Waals surface area contributed by atoms with Crippen LogP contribution < -0.4 is 19.5 Å². The molecule has 0 amide bonds. The summed E-state index contributed by atoms with van der Waals surface area (Å²) in [6.07, 6.45) is 1.49. The van der Waals surface area contributed by atoms with Crippen LogP contribution in [0.4, 0.5) is 11.5 Å². The molecule has 0 saturated heterocycles. The normalized spacial score (nSPS) is 12.0. The lowest BCUT2D eigenvalue weighted by atomic mass is 10.3. The molecule has 0 atom stereocenters. The zero-order valence-electron chi connectivity index (χ0n) is 11.5. The van der Waals surface area contributed by atoms with Crippen LogP contribution in [0.3, 0.4) is 0 Å². The largest absolute Gasteiger partial charge is 0.492 e. The first-order valence-corrected chi connectivity index (χ1v) is 6.60. The van der Waals surface area contributed by atoms with E-state index in [1.54, 1.807) is 18.2 Å². The maximum absolute atomic E-state index is 10.9. The average Bonchev–Trinajstić information content (AvgIpc) is 2.99. The Kier molecular flexibility index (Phi) is 3.90. The minimum absolute atomic E-state index is 0.0643. The number of benzene rings is 1. The van der Waals surface area contributed by atoms with Gasteiger partial charge in [-0.15, -0.1) is 0 Å². The third-order valence-corrected chi connectivity index (χ3v) is 2.99. The summed E-state index contributed by atoms with van der Waals surface area (Å²) < 4.78 is 16.0. The lowest BCUT2D eigenvalue weighted by molar-refractivity contribution is -0.384. The molecule has 114 valence electrons. The zero-order chi connectivity index (χ0) is 15.4. The van der Waals surface area contributed by atoms with E-state index < -0.39 is 4.92 Å². The number of anilines is 1. The summed E-state index contributed by atoms with van der Waals surface area (Å²) in [4.78, 5) is 14.3. The smallest absolute Gasteiger partial charge is 0.311 e. The first-order chi connectivity index (χ1) is 10.7. The predicted molar refractivity (Wildman–Crippen MR) is 77.4 cm³/mol. The van der Waals surface area contributed by atoms with Crippen LogP contribution in [0.15, 0.2) is 36.5 Å². The van der Waals surface area contributed by atoms with Gasteiger partial charge in [0.1, 0.15) is 12.4 Å². The van der Waals surface area contributed by atoms with Crippen molar-refractivity contribution in [2.24, 2.45) is 0 Å². The van der Waals surface area contributed by atoms with Gasteiger partial charge < -0.3 is 19.5 Å². The molecule has 1 N–H and O–H groups in total. The molecule has 1 aliphatic heterocycles. The molecule has 0 spiro atoms. The van der Waals surface area contributed by atoms with Gasteiger partial charge in [-0.1, -0.05) is 0 Å². The highest BCUT2D eigenvalue weighted by Gasteiger charge is 2.14. The fourth-order valence-corrected chi connectivity index (χ4v) is 1.99. The van der Waals surface area contributed by atoms with Gasteiger partial charge in [0.15, 0.2) is 11.5 Å². The SMILES string of the molecule is O=[N+]([O-])c1cccnc1NCCOc1ccc2c(c1)OCO2. The Hall–Kier alpha value is -3.03. The summed E-state index contributed by atoms with van der Waals surface area (Å²) in [7, 11) is 0. The second-order valence-electron chi connectivity index (χ2n) is 4.42. The molecule has 1 aromatic carbocycles. The topological polar surface area (TPSA) is 95.8 Å². The van der Waals surface area contributed by atoms with Crippen LogP contribution in [0.1, 0.15) is 0 Å². The third kappa shape index (κ3) is 3.00. The molecule has 2 heterocycles. The van der Waals surface area contributed by atoms with Crippen molar-refractivity contribution in [3.63, 3.8) is 0 Å². The molecule has 2 aromatic rings. The lowest BCUT2D eigenvalue weighted by Crippen LogP contribution is -2.13. The van der Waals surface area contributed by atoms with Gasteiger partial charge in [0, 0.05) is 18.3 Å². The van der Waals surface area contributed by atoms with Crippen molar-refractivity contribution < 1.29 is 19.1 Å². The van der Waals surface area contributed by atoms with Crippen molar-refractivity contribution in [3.8, 4) is 17.2 Å². The maximum atomic E-state index is 10.9. The number of aromatic nitrogens is 1. The van der Waals surface area contributed by atoms with Crippen molar-refractivity contribution >= 4 is 11.5 Å². The molecule has 0 unspecified atom stereocenters. The number of fused-ring (bicyclic) bond motifs is 1. The van der Waals surface area contributed by atoms with Gasteiger partial charge in [0.25, 0.3) is 0 Å². The summed E-state index contributed by atoms with van der Waals surface area (Å²) >= 11 is 0. The van der Waals surface area contributed by atoms with Crippen LogP contribution in [0.25, 0.3) is 0 Å². The molecule has 0 bridgehead atoms. The van der Waals surface area contributed by atoms with E-state index in [-0.39, 0.29) is 18.3 Å². The quantitative estimate of drug-likeness (QED) is 0.496. The number of hydrogen-bond acceptors (Lipinski definition) is 7. The Bertz CT molecular complexity index is 692. The second kappa shape index (κ2) is 6.17. The Morgan fingerprint density at radius 1 is 1.32 bits per heavy atom. The summed E-state index contributed by atoms with van der Waals surface area (Å²) in [6.45, 7) is 0.920. The van der Waals surface area contributed by atoms with E-state index in [1.807, 2.05) is 0 Å². The van der Waals surface area contributed by atoms with Gasteiger partial charge in [-0.2, -0.15) is 0 Å². The molecular formula is C14H13N3O5. The predicted octanol–water partition coefficient (Wildman–Crippen LogP) is 2.21. The van der Waals surface area contributed by atoms with Crippen LogP contribution in [-0.2, 0) is 0 Å². The number of nitrogens with zero attached hydrogens (tertiary/aromatic N) is 2. The molecule has 3 rings (SSSR count). The van der Waals surface area contributed by atoms with E-state index >= 15 is 0 Å². The van der Waals surface area contributed by atoms with Crippen molar-refractivity contribution in [1.82, 2.24) is 4.98 Å². The first kappa shape index (κ1) is 13.9. The minimum Gasteiger partial charge on any atom is -0.492 e. The maximum Gasteiger partial charge on any atom is 0.311 e. The van der Waals surface area contributed by atoms with E-state index in [0.29, 0.717) is 30.4 Å². The van der Waals surface area contributed by atoms with Gasteiger partial charge >= 0.3 is 5.69 Å². The van der Waals surface area contributed by atoms with E-state index in [9.17, 15) is 10.1 Å². The average molecular weight is 303 g/mol. The van der Waals surface area contributed by atoms with Gasteiger partial charge in [-0.05, 0) is 18.2 Å². The Morgan fingerprint density at radius 2 is 2.18 bits per heavy atom. The van der Waals surface area contributed by atoms with E-state index in [1.165, 1.54) is 18.3 Å². The highest BCUT2D eigenvalue weighted by atomic mass is 16.7.